The molecule has 0 aliphatic carbocycles. The molecular formula is C17H21ClN2. The van der Waals surface area contributed by atoms with Crippen molar-refractivity contribution in [3.8, 4) is 0 Å². The van der Waals surface area contributed by atoms with Crippen molar-refractivity contribution in [3.05, 3.63) is 64.7 Å². The first-order valence-corrected chi connectivity index (χ1v) is 7.21. The fourth-order valence-electron chi connectivity index (χ4n) is 2.27. The highest BCUT2D eigenvalue weighted by atomic mass is 35.5. The fraction of sp³-hybridized carbons (Fsp3) is 0.294. The third-order valence-corrected chi connectivity index (χ3v) is 3.87. The van der Waals surface area contributed by atoms with E-state index in [9.17, 15) is 0 Å². The zero-order valence-electron chi connectivity index (χ0n) is 12.2. The number of nitrogens with zero attached hydrogens (tertiary/aromatic N) is 1. The van der Waals surface area contributed by atoms with Crippen molar-refractivity contribution in [1.82, 2.24) is 5.32 Å². The van der Waals surface area contributed by atoms with Crippen LogP contribution >= 0.6 is 11.6 Å². The van der Waals surface area contributed by atoms with Crippen molar-refractivity contribution < 1.29 is 0 Å². The number of nitrogens with one attached hydrogen (secondary N) is 1. The molecule has 0 fully saturated rings. The Hall–Kier alpha value is -1.51. The van der Waals surface area contributed by atoms with Crippen molar-refractivity contribution in [3.63, 3.8) is 0 Å². The predicted molar refractivity (Wildman–Crippen MR) is 87.5 cm³/mol. The summed E-state index contributed by atoms with van der Waals surface area (Å²) >= 11 is 6.07. The molecule has 2 nitrogen and oxygen atoms in total. The van der Waals surface area contributed by atoms with Crippen LogP contribution in [0.5, 0.6) is 0 Å². The number of hydrogen-bond acceptors (Lipinski definition) is 2. The molecule has 0 saturated heterocycles. The van der Waals surface area contributed by atoms with Gasteiger partial charge in [0, 0.05) is 24.3 Å². The van der Waals surface area contributed by atoms with Crippen LogP contribution < -0.4 is 10.2 Å². The second-order valence-electron chi connectivity index (χ2n) is 5.04. The van der Waals surface area contributed by atoms with Crippen LogP contribution in [0.2, 0.25) is 5.02 Å². The molecule has 2 rings (SSSR count). The summed E-state index contributed by atoms with van der Waals surface area (Å²) in [6.07, 6.45) is 0. The number of halogens is 1. The maximum Gasteiger partial charge on any atom is 0.0511 e. The zero-order valence-corrected chi connectivity index (χ0v) is 13.0. The quantitative estimate of drug-likeness (QED) is 0.884. The Kier molecular flexibility index (Phi) is 5.05. The minimum atomic E-state index is 0.281. The minimum Gasteiger partial charge on any atom is -0.368 e. The molecule has 0 aliphatic rings. The van der Waals surface area contributed by atoms with Gasteiger partial charge in [-0.25, -0.2) is 0 Å². The van der Waals surface area contributed by atoms with E-state index in [1.807, 2.05) is 25.2 Å². The Morgan fingerprint density at radius 3 is 2.45 bits per heavy atom. The van der Waals surface area contributed by atoms with Crippen molar-refractivity contribution in [2.24, 2.45) is 0 Å². The summed E-state index contributed by atoms with van der Waals surface area (Å²) in [5.41, 5.74) is 3.72. The van der Waals surface area contributed by atoms with Crippen LogP contribution in [0.1, 0.15) is 24.1 Å². The summed E-state index contributed by atoms with van der Waals surface area (Å²) in [4.78, 5) is 2.26. The normalized spacial score (nSPS) is 12.2. The highest BCUT2D eigenvalue weighted by molar-refractivity contribution is 6.30. The van der Waals surface area contributed by atoms with Gasteiger partial charge in [0.25, 0.3) is 0 Å². The van der Waals surface area contributed by atoms with Crippen molar-refractivity contribution >= 4 is 17.3 Å². The Labute approximate surface area is 126 Å². The van der Waals surface area contributed by atoms with Gasteiger partial charge in [0.1, 0.15) is 0 Å². The maximum absolute atomic E-state index is 6.07. The number of rotatable bonds is 5. The van der Waals surface area contributed by atoms with E-state index in [4.69, 9.17) is 11.6 Å². The average Bonchev–Trinajstić information content (AvgIpc) is 2.47. The molecule has 2 aromatic rings. The smallest absolute Gasteiger partial charge is 0.0511 e. The zero-order chi connectivity index (χ0) is 14.5. The van der Waals surface area contributed by atoms with E-state index in [1.54, 1.807) is 0 Å². The summed E-state index contributed by atoms with van der Waals surface area (Å²) < 4.78 is 0. The molecule has 0 aromatic heterocycles. The van der Waals surface area contributed by atoms with Gasteiger partial charge >= 0.3 is 0 Å². The van der Waals surface area contributed by atoms with E-state index in [2.05, 4.69) is 54.5 Å². The van der Waals surface area contributed by atoms with Crippen molar-refractivity contribution in [2.45, 2.75) is 19.5 Å². The molecule has 3 heteroatoms. The summed E-state index contributed by atoms with van der Waals surface area (Å²) in [7, 11) is 4.07. The van der Waals surface area contributed by atoms with Crippen LogP contribution in [0.25, 0.3) is 0 Å². The van der Waals surface area contributed by atoms with Gasteiger partial charge in [-0.05, 0) is 49.4 Å². The van der Waals surface area contributed by atoms with Crippen LogP contribution in [0.15, 0.2) is 48.5 Å². The Morgan fingerprint density at radius 2 is 1.85 bits per heavy atom. The van der Waals surface area contributed by atoms with Gasteiger partial charge in [-0.3, -0.25) is 0 Å². The van der Waals surface area contributed by atoms with Gasteiger partial charge < -0.3 is 10.2 Å². The second-order valence-corrected chi connectivity index (χ2v) is 5.48. The molecule has 0 saturated carbocycles. The summed E-state index contributed by atoms with van der Waals surface area (Å²) in [6, 6.07) is 17.0. The molecule has 0 radical (unpaired) electrons. The Balaban J connectivity index is 2.15. The second kappa shape index (κ2) is 6.78. The molecule has 20 heavy (non-hydrogen) atoms. The number of benzene rings is 2. The Morgan fingerprint density at radius 1 is 1.15 bits per heavy atom. The first-order chi connectivity index (χ1) is 9.61. The lowest BCUT2D eigenvalue weighted by Gasteiger charge is -2.27. The van der Waals surface area contributed by atoms with E-state index < -0.39 is 0 Å². The van der Waals surface area contributed by atoms with Crippen LogP contribution in [-0.2, 0) is 6.54 Å². The molecule has 1 N–H and O–H groups in total. The molecule has 0 aliphatic heterocycles. The first kappa shape index (κ1) is 14.9. The first-order valence-electron chi connectivity index (χ1n) is 6.83. The van der Waals surface area contributed by atoms with Gasteiger partial charge in [-0.2, -0.15) is 0 Å². The highest BCUT2D eigenvalue weighted by Gasteiger charge is 2.12. The van der Waals surface area contributed by atoms with Crippen LogP contribution in [0, 0.1) is 0 Å². The number of anilines is 1. The van der Waals surface area contributed by atoms with Crippen molar-refractivity contribution in [2.75, 3.05) is 19.0 Å². The lowest BCUT2D eigenvalue weighted by molar-refractivity contribution is 0.739. The fourth-order valence-corrected chi connectivity index (χ4v) is 2.47. The van der Waals surface area contributed by atoms with Gasteiger partial charge in [0.2, 0.25) is 0 Å². The third kappa shape index (κ3) is 3.53. The minimum absolute atomic E-state index is 0.281. The van der Waals surface area contributed by atoms with Gasteiger partial charge in [-0.15, -0.1) is 0 Å². The van der Waals surface area contributed by atoms with E-state index in [-0.39, 0.29) is 6.04 Å². The van der Waals surface area contributed by atoms with Gasteiger partial charge in [-0.1, -0.05) is 35.9 Å². The maximum atomic E-state index is 6.07. The average molecular weight is 289 g/mol. The largest absolute Gasteiger partial charge is 0.368 e. The summed E-state index contributed by atoms with van der Waals surface area (Å²) in [6.45, 7) is 3.08. The van der Waals surface area contributed by atoms with E-state index >= 15 is 0 Å². The molecule has 1 unspecified atom stereocenters. The lowest BCUT2D eigenvalue weighted by atomic mass is 10.1. The predicted octanol–water partition coefficient (Wildman–Crippen LogP) is 4.26. The van der Waals surface area contributed by atoms with E-state index in [0.29, 0.717) is 0 Å². The topological polar surface area (TPSA) is 15.3 Å². The third-order valence-electron chi connectivity index (χ3n) is 3.64. The van der Waals surface area contributed by atoms with Crippen LogP contribution in [-0.4, -0.2) is 14.1 Å². The molecule has 1 atom stereocenters. The van der Waals surface area contributed by atoms with Crippen LogP contribution in [0.3, 0.4) is 0 Å². The summed E-state index contributed by atoms with van der Waals surface area (Å²) in [5.74, 6) is 0. The standard InChI is InChI=1S/C17H21ClN2/c1-13(15-5-4-6-16(18)11-15)20(3)17-9-7-14(8-10-17)12-19-2/h4-11,13,19H,12H2,1-3H3. The molecule has 0 heterocycles. The lowest BCUT2D eigenvalue weighted by Crippen LogP contribution is -2.21. The number of hydrogen-bond donors (Lipinski definition) is 1. The van der Waals surface area contributed by atoms with Gasteiger partial charge in [0.15, 0.2) is 0 Å². The molecule has 0 amide bonds. The molecular weight excluding hydrogens is 268 g/mol. The van der Waals surface area contributed by atoms with Gasteiger partial charge in [0.05, 0.1) is 6.04 Å². The monoisotopic (exact) mass is 288 g/mol. The molecule has 106 valence electrons. The highest BCUT2D eigenvalue weighted by Crippen LogP contribution is 2.26. The van der Waals surface area contributed by atoms with E-state index in [1.165, 1.54) is 16.8 Å². The SMILES string of the molecule is CNCc1ccc(N(C)C(C)c2cccc(Cl)c2)cc1. The summed E-state index contributed by atoms with van der Waals surface area (Å²) in [5, 5.41) is 3.94. The Bertz CT molecular complexity index is 551. The van der Waals surface area contributed by atoms with Crippen molar-refractivity contribution in [1.29, 1.82) is 0 Å². The molecule has 0 spiro atoms. The molecule has 0 bridgehead atoms. The van der Waals surface area contributed by atoms with Crippen LogP contribution in [0.4, 0.5) is 5.69 Å². The van der Waals surface area contributed by atoms with E-state index in [0.717, 1.165) is 11.6 Å². The molecule has 2 aromatic carbocycles.